The number of sulfonamides is 2. The minimum atomic E-state index is -3.60. The van der Waals surface area contributed by atoms with Crippen molar-refractivity contribution in [3.05, 3.63) is 24.3 Å². The lowest BCUT2D eigenvalue weighted by Crippen LogP contribution is -2.52. The average molecular weight is 442 g/mol. The molecule has 2 heterocycles. The molecular formula is C20H31N3O4S2. The van der Waals surface area contributed by atoms with Crippen LogP contribution in [0.2, 0.25) is 0 Å². The van der Waals surface area contributed by atoms with Crippen LogP contribution in [-0.2, 0) is 20.0 Å². The zero-order valence-electron chi connectivity index (χ0n) is 16.9. The van der Waals surface area contributed by atoms with E-state index in [-0.39, 0.29) is 9.79 Å². The monoisotopic (exact) mass is 441 g/mol. The fourth-order valence-corrected chi connectivity index (χ4v) is 7.70. The van der Waals surface area contributed by atoms with Gasteiger partial charge in [-0.2, -0.15) is 8.61 Å². The summed E-state index contributed by atoms with van der Waals surface area (Å²) in [4.78, 5) is 2.78. The van der Waals surface area contributed by atoms with Gasteiger partial charge in [-0.1, -0.05) is 19.3 Å². The summed E-state index contributed by atoms with van der Waals surface area (Å²) in [6.45, 7) is 3.59. The van der Waals surface area contributed by atoms with Crippen molar-refractivity contribution in [2.45, 2.75) is 60.8 Å². The molecule has 2 aliphatic heterocycles. The molecule has 0 aromatic heterocycles. The van der Waals surface area contributed by atoms with E-state index >= 15 is 0 Å². The molecule has 1 aromatic rings. The number of rotatable bonds is 5. The van der Waals surface area contributed by atoms with Gasteiger partial charge in [-0.3, -0.25) is 4.90 Å². The second-order valence-electron chi connectivity index (χ2n) is 8.31. The Hall–Kier alpha value is -1.00. The van der Waals surface area contributed by atoms with Crippen LogP contribution in [0, 0.1) is 0 Å². The first-order valence-electron chi connectivity index (χ1n) is 10.7. The van der Waals surface area contributed by atoms with E-state index < -0.39 is 20.0 Å². The van der Waals surface area contributed by atoms with Crippen molar-refractivity contribution in [1.29, 1.82) is 0 Å². The molecule has 9 heteroatoms. The second-order valence-corrected chi connectivity index (χ2v) is 12.2. The van der Waals surface area contributed by atoms with Gasteiger partial charge in [-0.05, 0) is 49.9 Å². The molecule has 1 aromatic carbocycles. The first-order valence-corrected chi connectivity index (χ1v) is 13.6. The Labute approximate surface area is 174 Å². The van der Waals surface area contributed by atoms with E-state index in [1.54, 1.807) is 0 Å². The van der Waals surface area contributed by atoms with Crippen LogP contribution in [-0.4, -0.2) is 75.7 Å². The third-order valence-electron chi connectivity index (χ3n) is 6.53. The largest absolute Gasteiger partial charge is 0.298 e. The Morgan fingerprint density at radius 1 is 0.586 bits per heavy atom. The molecule has 1 saturated carbocycles. The van der Waals surface area contributed by atoms with E-state index in [0.717, 1.165) is 25.9 Å². The molecule has 0 N–H and O–H groups in total. The van der Waals surface area contributed by atoms with Gasteiger partial charge in [-0.25, -0.2) is 16.8 Å². The number of benzene rings is 1. The van der Waals surface area contributed by atoms with Crippen LogP contribution < -0.4 is 0 Å². The lowest BCUT2D eigenvalue weighted by atomic mass is 9.94. The number of nitrogens with zero attached hydrogens (tertiary/aromatic N) is 3. The molecule has 3 fully saturated rings. The molecular weight excluding hydrogens is 410 g/mol. The summed E-state index contributed by atoms with van der Waals surface area (Å²) >= 11 is 0. The fourth-order valence-electron chi connectivity index (χ4n) is 4.77. The molecule has 162 valence electrons. The fraction of sp³-hybridized carbons (Fsp3) is 0.700. The predicted octanol–water partition coefficient (Wildman–Crippen LogP) is 2.11. The van der Waals surface area contributed by atoms with E-state index in [0.29, 0.717) is 32.2 Å². The summed E-state index contributed by atoms with van der Waals surface area (Å²) in [6, 6.07) is 6.33. The van der Waals surface area contributed by atoms with Gasteiger partial charge in [0.15, 0.2) is 0 Å². The number of hydrogen-bond donors (Lipinski definition) is 0. The molecule has 0 unspecified atom stereocenters. The molecule has 0 atom stereocenters. The van der Waals surface area contributed by atoms with E-state index in [4.69, 9.17) is 0 Å². The Balaban J connectivity index is 1.42. The van der Waals surface area contributed by atoms with E-state index in [2.05, 4.69) is 4.90 Å². The summed E-state index contributed by atoms with van der Waals surface area (Å²) in [6.07, 6.45) is 8.05. The van der Waals surface area contributed by atoms with Gasteiger partial charge in [0.1, 0.15) is 0 Å². The van der Waals surface area contributed by atoms with Gasteiger partial charge >= 0.3 is 0 Å². The molecule has 3 aliphatic rings. The van der Waals surface area contributed by atoms with Crippen molar-refractivity contribution in [3.8, 4) is 0 Å². The maximum absolute atomic E-state index is 13.0. The van der Waals surface area contributed by atoms with Crippen molar-refractivity contribution in [1.82, 2.24) is 13.5 Å². The third-order valence-corrected chi connectivity index (χ3v) is 10.4. The zero-order chi connectivity index (χ0) is 20.5. The van der Waals surface area contributed by atoms with Crippen LogP contribution >= 0.6 is 0 Å². The molecule has 7 nitrogen and oxygen atoms in total. The summed E-state index contributed by atoms with van der Waals surface area (Å²) in [5.74, 6) is 0. The van der Waals surface area contributed by atoms with E-state index in [9.17, 15) is 16.8 Å². The molecule has 4 rings (SSSR count). The van der Waals surface area contributed by atoms with Crippen molar-refractivity contribution in [2.75, 3.05) is 39.3 Å². The first kappa shape index (κ1) is 21.2. The highest BCUT2D eigenvalue weighted by molar-refractivity contribution is 7.89. The average Bonchev–Trinajstić information content (AvgIpc) is 3.30. The highest BCUT2D eigenvalue weighted by Crippen LogP contribution is 2.26. The highest BCUT2D eigenvalue weighted by Gasteiger charge is 2.32. The Bertz CT molecular complexity index is 896. The summed E-state index contributed by atoms with van der Waals surface area (Å²) in [5, 5.41) is 0. The van der Waals surface area contributed by atoms with Crippen molar-refractivity contribution < 1.29 is 16.8 Å². The second kappa shape index (κ2) is 8.63. The van der Waals surface area contributed by atoms with Gasteiger partial charge in [0.25, 0.3) is 0 Å². The third kappa shape index (κ3) is 4.39. The number of hydrogen-bond acceptors (Lipinski definition) is 5. The Morgan fingerprint density at radius 3 is 1.52 bits per heavy atom. The predicted molar refractivity (Wildman–Crippen MR) is 112 cm³/mol. The summed E-state index contributed by atoms with van der Waals surface area (Å²) in [5.41, 5.74) is 0. The molecule has 1 aliphatic carbocycles. The van der Waals surface area contributed by atoms with Crippen LogP contribution in [0.3, 0.4) is 0 Å². The SMILES string of the molecule is O=S(=O)(c1ccc(S(=O)(=O)N2CCN(C3CCCCC3)CC2)cc1)N1CCCC1. The van der Waals surface area contributed by atoms with Crippen LogP contribution in [0.4, 0.5) is 0 Å². The zero-order valence-corrected chi connectivity index (χ0v) is 18.5. The molecule has 0 radical (unpaired) electrons. The quantitative estimate of drug-likeness (QED) is 0.699. The van der Waals surface area contributed by atoms with Crippen molar-refractivity contribution in [2.24, 2.45) is 0 Å². The summed E-state index contributed by atoms with van der Waals surface area (Å²) in [7, 11) is -7.13. The Morgan fingerprint density at radius 2 is 1.03 bits per heavy atom. The highest BCUT2D eigenvalue weighted by atomic mass is 32.2. The number of piperazine rings is 1. The lowest BCUT2D eigenvalue weighted by molar-refractivity contribution is 0.111. The van der Waals surface area contributed by atoms with E-state index in [1.165, 1.54) is 65.0 Å². The van der Waals surface area contributed by atoms with Crippen LogP contribution in [0.25, 0.3) is 0 Å². The topological polar surface area (TPSA) is 78.0 Å². The molecule has 29 heavy (non-hydrogen) atoms. The standard InChI is InChI=1S/C20H31N3O4S2/c24-28(25,22-12-4-5-13-22)19-8-10-20(11-9-19)29(26,27)23-16-14-21(15-17-23)18-6-2-1-3-7-18/h8-11,18H,1-7,12-17H2. The minimum Gasteiger partial charge on any atom is -0.298 e. The lowest BCUT2D eigenvalue weighted by Gasteiger charge is -2.40. The van der Waals surface area contributed by atoms with Gasteiger partial charge in [0.2, 0.25) is 20.0 Å². The van der Waals surface area contributed by atoms with Gasteiger partial charge < -0.3 is 0 Å². The molecule has 2 saturated heterocycles. The van der Waals surface area contributed by atoms with E-state index in [1.807, 2.05) is 0 Å². The van der Waals surface area contributed by atoms with Gasteiger partial charge in [0.05, 0.1) is 9.79 Å². The first-order chi connectivity index (χ1) is 13.9. The molecule has 0 spiro atoms. The van der Waals surface area contributed by atoms with Crippen molar-refractivity contribution >= 4 is 20.0 Å². The van der Waals surface area contributed by atoms with Crippen LogP contribution in [0.1, 0.15) is 44.9 Å². The smallest absolute Gasteiger partial charge is 0.243 e. The maximum Gasteiger partial charge on any atom is 0.243 e. The normalized spacial score (nSPS) is 24.1. The van der Waals surface area contributed by atoms with Crippen molar-refractivity contribution in [3.63, 3.8) is 0 Å². The van der Waals surface area contributed by atoms with Crippen LogP contribution in [0.15, 0.2) is 34.1 Å². The van der Waals surface area contributed by atoms with Gasteiger partial charge in [-0.15, -0.1) is 0 Å². The Kier molecular flexibility index (Phi) is 6.32. The summed E-state index contributed by atoms with van der Waals surface area (Å²) < 4.78 is 54.4. The molecule has 0 amide bonds. The van der Waals surface area contributed by atoms with Crippen LogP contribution in [0.5, 0.6) is 0 Å². The maximum atomic E-state index is 13.0. The minimum absolute atomic E-state index is 0.167. The molecule has 0 bridgehead atoms. The van der Waals surface area contributed by atoms with Gasteiger partial charge in [0, 0.05) is 45.3 Å².